The first kappa shape index (κ1) is 9.67. The third kappa shape index (κ3) is 2.83. The van der Waals surface area contributed by atoms with E-state index in [0.717, 1.165) is 11.4 Å². The molecule has 0 saturated carbocycles. The minimum atomic E-state index is -0.168. The van der Waals surface area contributed by atoms with Crippen LogP contribution in [0.5, 0.6) is 0 Å². The summed E-state index contributed by atoms with van der Waals surface area (Å²) in [4.78, 5) is 15.1. The Bertz CT molecular complexity index is 299. The number of nitrogens with one attached hydrogen (secondary N) is 1. The summed E-state index contributed by atoms with van der Waals surface area (Å²) in [5.41, 5.74) is 1.52. The maximum absolute atomic E-state index is 11.1. The zero-order valence-electron chi connectivity index (χ0n) is 7.70. The van der Waals surface area contributed by atoms with E-state index in [1.165, 1.54) is 7.11 Å². The normalized spacial score (nSPS) is 9.69. The van der Waals surface area contributed by atoms with Crippen molar-refractivity contribution >= 4 is 11.6 Å². The highest BCUT2D eigenvalue weighted by molar-refractivity contribution is 5.92. The van der Waals surface area contributed by atoms with Gasteiger partial charge >= 0.3 is 0 Å². The first-order valence-electron chi connectivity index (χ1n) is 3.94. The maximum atomic E-state index is 11.1. The number of amides is 1. The molecule has 1 aromatic rings. The van der Waals surface area contributed by atoms with E-state index in [2.05, 4.69) is 15.0 Å². The van der Waals surface area contributed by atoms with E-state index < -0.39 is 0 Å². The molecule has 0 unspecified atom stereocenters. The third-order valence-electron chi connectivity index (χ3n) is 1.56. The number of carbonyl (C=O) groups is 1. The first-order chi connectivity index (χ1) is 6.24. The Hall–Kier alpha value is -1.42. The van der Waals surface area contributed by atoms with Gasteiger partial charge in [-0.1, -0.05) is 0 Å². The van der Waals surface area contributed by atoms with Crippen LogP contribution in [0.4, 0.5) is 5.69 Å². The van der Waals surface area contributed by atoms with Gasteiger partial charge in [-0.05, 0) is 19.1 Å². The molecule has 0 atom stereocenters. The van der Waals surface area contributed by atoms with Crippen molar-refractivity contribution in [2.75, 3.05) is 19.0 Å². The number of anilines is 1. The number of methoxy groups -OCH3 is 1. The SMILES string of the molecule is COCC(=O)Nc1cccnc1C. The van der Waals surface area contributed by atoms with Gasteiger partial charge in [0.25, 0.3) is 0 Å². The van der Waals surface area contributed by atoms with E-state index in [9.17, 15) is 4.79 Å². The lowest BCUT2D eigenvalue weighted by Crippen LogP contribution is -2.17. The highest BCUT2D eigenvalue weighted by Crippen LogP contribution is 2.09. The molecule has 4 nitrogen and oxygen atoms in total. The molecule has 1 aromatic heterocycles. The zero-order valence-corrected chi connectivity index (χ0v) is 7.70. The van der Waals surface area contributed by atoms with E-state index in [0.29, 0.717) is 0 Å². The van der Waals surface area contributed by atoms with E-state index in [4.69, 9.17) is 0 Å². The maximum Gasteiger partial charge on any atom is 0.250 e. The van der Waals surface area contributed by atoms with Crippen LogP contribution in [0.2, 0.25) is 0 Å². The van der Waals surface area contributed by atoms with Gasteiger partial charge in [-0.2, -0.15) is 0 Å². The molecule has 0 aliphatic rings. The summed E-state index contributed by atoms with van der Waals surface area (Å²) in [6, 6.07) is 3.57. The average molecular weight is 180 g/mol. The van der Waals surface area contributed by atoms with Crippen LogP contribution in [0.1, 0.15) is 5.69 Å². The second-order valence-electron chi connectivity index (χ2n) is 2.62. The smallest absolute Gasteiger partial charge is 0.250 e. The molecule has 1 amide bonds. The largest absolute Gasteiger partial charge is 0.375 e. The standard InChI is InChI=1S/C9H12N2O2/c1-7-8(4-3-5-10-7)11-9(12)6-13-2/h3-5H,6H2,1-2H3,(H,11,12). The van der Waals surface area contributed by atoms with Crippen molar-refractivity contribution < 1.29 is 9.53 Å². The fourth-order valence-electron chi connectivity index (χ4n) is 0.934. The predicted octanol–water partition coefficient (Wildman–Crippen LogP) is 0.975. The van der Waals surface area contributed by atoms with Gasteiger partial charge in [-0.15, -0.1) is 0 Å². The van der Waals surface area contributed by atoms with Crippen LogP contribution in [0.15, 0.2) is 18.3 Å². The Morgan fingerprint density at radius 3 is 3.08 bits per heavy atom. The summed E-state index contributed by atoms with van der Waals surface area (Å²) >= 11 is 0. The lowest BCUT2D eigenvalue weighted by molar-refractivity contribution is -0.119. The average Bonchev–Trinajstić information content (AvgIpc) is 2.09. The van der Waals surface area contributed by atoms with Gasteiger partial charge in [0.05, 0.1) is 11.4 Å². The topological polar surface area (TPSA) is 51.2 Å². The molecule has 13 heavy (non-hydrogen) atoms. The summed E-state index contributed by atoms with van der Waals surface area (Å²) < 4.78 is 4.68. The molecule has 0 aliphatic heterocycles. The molecular formula is C9H12N2O2. The molecule has 1 N–H and O–H groups in total. The Morgan fingerprint density at radius 1 is 1.69 bits per heavy atom. The number of carbonyl (C=O) groups excluding carboxylic acids is 1. The Kier molecular flexibility index (Phi) is 3.40. The number of aryl methyl sites for hydroxylation is 1. The molecule has 1 heterocycles. The molecule has 0 bridgehead atoms. The van der Waals surface area contributed by atoms with Crippen molar-refractivity contribution in [1.82, 2.24) is 4.98 Å². The number of aromatic nitrogens is 1. The second-order valence-corrected chi connectivity index (χ2v) is 2.62. The second kappa shape index (κ2) is 4.57. The van der Waals surface area contributed by atoms with E-state index in [-0.39, 0.29) is 12.5 Å². The Labute approximate surface area is 76.9 Å². The summed E-state index contributed by atoms with van der Waals surface area (Å²) in [6.07, 6.45) is 1.68. The molecule has 4 heteroatoms. The molecule has 0 aliphatic carbocycles. The van der Waals surface area contributed by atoms with Crippen molar-refractivity contribution in [2.24, 2.45) is 0 Å². The summed E-state index contributed by atoms with van der Waals surface area (Å²) in [7, 11) is 1.48. The highest BCUT2D eigenvalue weighted by atomic mass is 16.5. The van der Waals surface area contributed by atoms with Crippen molar-refractivity contribution in [1.29, 1.82) is 0 Å². The predicted molar refractivity (Wildman–Crippen MR) is 49.5 cm³/mol. The lowest BCUT2D eigenvalue weighted by atomic mass is 10.3. The summed E-state index contributed by atoms with van der Waals surface area (Å²) in [6.45, 7) is 1.90. The van der Waals surface area contributed by atoms with Crippen LogP contribution in [-0.4, -0.2) is 24.6 Å². The Balaban J connectivity index is 2.63. The van der Waals surface area contributed by atoms with Crippen molar-refractivity contribution in [3.63, 3.8) is 0 Å². The van der Waals surface area contributed by atoms with Crippen LogP contribution in [0.25, 0.3) is 0 Å². The van der Waals surface area contributed by atoms with Gasteiger partial charge in [-0.25, -0.2) is 0 Å². The van der Waals surface area contributed by atoms with Gasteiger partial charge < -0.3 is 10.1 Å². The number of nitrogens with zero attached hydrogens (tertiary/aromatic N) is 1. The van der Waals surface area contributed by atoms with Gasteiger partial charge in [0.1, 0.15) is 6.61 Å². The van der Waals surface area contributed by atoms with Gasteiger partial charge in [0.15, 0.2) is 0 Å². The van der Waals surface area contributed by atoms with Crippen molar-refractivity contribution in [2.45, 2.75) is 6.92 Å². The molecule has 0 saturated heterocycles. The van der Waals surface area contributed by atoms with Gasteiger partial charge in [0.2, 0.25) is 5.91 Å². The van der Waals surface area contributed by atoms with E-state index in [1.807, 2.05) is 6.92 Å². The van der Waals surface area contributed by atoms with Crippen LogP contribution in [-0.2, 0) is 9.53 Å². The highest BCUT2D eigenvalue weighted by Gasteiger charge is 2.02. The number of pyridine rings is 1. The third-order valence-corrected chi connectivity index (χ3v) is 1.56. The molecule has 70 valence electrons. The molecule has 0 fully saturated rings. The monoisotopic (exact) mass is 180 g/mol. The number of ether oxygens (including phenoxy) is 1. The van der Waals surface area contributed by atoms with Gasteiger partial charge in [-0.3, -0.25) is 9.78 Å². The quantitative estimate of drug-likeness (QED) is 0.754. The van der Waals surface area contributed by atoms with Crippen LogP contribution in [0, 0.1) is 6.92 Å². The fraction of sp³-hybridized carbons (Fsp3) is 0.333. The van der Waals surface area contributed by atoms with E-state index in [1.54, 1.807) is 18.3 Å². The molecule has 0 radical (unpaired) electrons. The van der Waals surface area contributed by atoms with Crippen LogP contribution in [0.3, 0.4) is 0 Å². The molecular weight excluding hydrogens is 168 g/mol. The van der Waals surface area contributed by atoms with Crippen molar-refractivity contribution in [3.05, 3.63) is 24.0 Å². The number of hydrogen-bond donors (Lipinski definition) is 1. The lowest BCUT2D eigenvalue weighted by Gasteiger charge is -2.05. The van der Waals surface area contributed by atoms with Crippen LogP contribution >= 0.6 is 0 Å². The molecule has 0 aromatic carbocycles. The summed E-state index contributed by atoms with van der Waals surface area (Å²) in [5, 5.41) is 2.68. The molecule has 1 rings (SSSR count). The molecule has 0 spiro atoms. The fourth-order valence-corrected chi connectivity index (χ4v) is 0.934. The van der Waals surface area contributed by atoms with E-state index >= 15 is 0 Å². The minimum absolute atomic E-state index is 0.0638. The first-order valence-corrected chi connectivity index (χ1v) is 3.94. The van der Waals surface area contributed by atoms with Crippen LogP contribution < -0.4 is 5.32 Å². The van der Waals surface area contributed by atoms with Crippen molar-refractivity contribution in [3.8, 4) is 0 Å². The number of hydrogen-bond acceptors (Lipinski definition) is 3. The zero-order chi connectivity index (χ0) is 9.68. The van der Waals surface area contributed by atoms with Gasteiger partial charge in [0, 0.05) is 13.3 Å². The summed E-state index contributed by atoms with van der Waals surface area (Å²) in [5.74, 6) is -0.168. The minimum Gasteiger partial charge on any atom is -0.375 e. The number of rotatable bonds is 3. The Morgan fingerprint density at radius 2 is 2.46 bits per heavy atom.